The summed E-state index contributed by atoms with van der Waals surface area (Å²) in [4.78, 5) is 2.39. The highest BCUT2D eigenvalue weighted by Crippen LogP contribution is 2.58. The first-order valence-electron chi connectivity index (χ1n) is 8.24. The predicted octanol–water partition coefficient (Wildman–Crippen LogP) is 3.30. The fraction of sp³-hybridized carbons (Fsp3) is 0.667. The normalized spacial score (nSPS) is 36.8. The molecule has 4 rings (SSSR count). The molecule has 1 heterocycles. The van der Waals surface area contributed by atoms with Crippen LogP contribution in [0.25, 0.3) is 0 Å². The fourth-order valence-electron chi connectivity index (χ4n) is 5.37. The van der Waals surface area contributed by atoms with Crippen molar-refractivity contribution in [3.05, 3.63) is 29.3 Å². The van der Waals surface area contributed by atoms with Crippen LogP contribution in [-0.2, 0) is 5.41 Å². The minimum Gasteiger partial charge on any atom is -0.497 e. The zero-order chi connectivity index (χ0) is 14.6. The molecule has 3 aliphatic rings. The van der Waals surface area contributed by atoms with Crippen LogP contribution < -0.4 is 4.74 Å². The van der Waals surface area contributed by atoms with Crippen LogP contribution in [-0.4, -0.2) is 36.8 Å². The highest BCUT2D eigenvalue weighted by Gasteiger charge is 2.56. The van der Waals surface area contributed by atoms with E-state index in [1.165, 1.54) is 37.7 Å². The molecule has 22 heavy (non-hydrogen) atoms. The van der Waals surface area contributed by atoms with Crippen molar-refractivity contribution in [2.24, 2.45) is 5.92 Å². The fourth-order valence-corrected chi connectivity index (χ4v) is 5.37. The van der Waals surface area contributed by atoms with E-state index in [2.05, 4.69) is 24.1 Å². The summed E-state index contributed by atoms with van der Waals surface area (Å²) in [7, 11) is 3.91. The molecule has 0 radical (unpaired) electrons. The Morgan fingerprint density at radius 2 is 2.09 bits per heavy atom. The van der Waals surface area contributed by atoms with Crippen LogP contribution in [0.15, 0.2) is 18.2 Å². The summed E-state index contributed by atoms with van der Waals surface area (Å²) in [6, 6.07) is 6.59. The number of benzene rings is 1. The Morgan fingerprint density at radius 1 is 1.27 bits per heavy atom. The number of aliphatic hydroxyl groups excluding tert-OH is 1. The number of ether oxygens (including phenoxy) is 1. The van der Waals surface area contributed by atoms with Crippen LogP contribution >= 0.6 is 12.4 Å². The molecule has 122 valence electrons. The molecule has 0 aromatic heterocycles. The highest BCUT2D eigenvalue weighted by molar-refractivity contribution is 5.85. The van der Waals surface area contributed by atoms with Crippen LogP contribution in [0, 0.1) is 5.92 Å². The first-order valence-corrected chi connectivity index (χ1v) is 8.24. The van der Waals surface area contributed by atoms with Gasteiger partial charge in [-0.1, -0.05) is 18.9 Å². The molecule has 3 nitrogen and oxygen atoms in total. The Bertz CT molecular complexity index is 564. The first-order chi connectivity index (χ1) is 10.2. The van der Waals surface area contributed by atoms with E-state index < -0.39 is 0 Å². The van der Waals surface area contributed by atoms with Crippen molar-refractivity contribution >= 4 is 12.4 Å². The third-order valence-corrected chi connectivity index (χ3v) is 6.37. The van der Waals surface area contributed by atoms with Crippen LogP contribution in [0.4, 0.5) is 0 Å². The lowest BCUT2D eigenvalue weighted by Crippen LogP contribution is -2.61. The number of nitrogens with zero attached hydrogens (tertiary/aromatic N) is 1. The number of hydrogen-bond donors (Lipinski definition) is 1. The lowest BCUT2D eigenvalue weighted by Gasteiger charge is -2.59. The number of rotatable bonds is 1. The molecule has 1 aromatic rings. The maximum Gasteiger partial charge on any atom is 0.119 e. The Labute approximate surface area is 139 Å². The standard InChI is InChI=1S/C18H25NO2.ClH/c1-19-10-9-18-8-4-3-5-14(18)16(19)17(20)13-7-6-12(21-2)11-15(13)18;/h6-7,11,14,16-17,20H,3-5,8-10H2,1-2H3;1H/t14-,16+,17?,18-;/m0./s1. The van der Waals surface area contributed by atoms with Gasteiger partial charge in [-0.05, 0) is 62.0 Å². The van der Waals surface area contributed by atoms with Crippen LogP contribution in [0.3, 0.4) is 0 Å². The minimum atomic E-state index is -0.354. The van der Waals surface area contributed by atoms with Gasteiger partial charge in [-0.15, -0.1) is 12.4 Å². The van der Waals surface area contributed by atoms with E-state index in [-0.39, 0.29) is 23.9 Å². The summed E-state index contributed by atoms with van der Waals surface area (Å²) in [5.74, 6) is 1.52. The van der Waals surface area contributed by atoms with Gasteiger partial charge in [0.2, 0.25) is 0 Å². The smallest absolute Gasteiger partial charge is 0.119 e. The van der Waals surface area contributed by atoms with Crippen molar-refractivity contribution < 1.29 is 9.84 Å². The van der Waals surface area contributed by atoms with Crippen LogP contribution in [0.2, 0.25) is 0 Å². The van der Waals surface area contributed by atoms with Crippen molar-refractivity contribution in [3.63, 3.8) is 0 Å². The number of aliphatic hydroxyl groups is 1. The van der Waals surface area contributed by atoms with Crippen molar-refractivity contribution in [1.82, 2.24) is 4.90 Å². The van der Waals surface area contributed by atoms with Gasteiger partial charge in [0.1, 0.15) is 5.75 Å². The maximum absolute atomic E-state index is 11.0. The number of hydrogen-bond acceptors (Lipinski definition) is 3. The predicted molar refractivity (Wildman–Crippen MR) is 89.9 cm³/mol. The zero-order valence-electron chi connectivity index (χ0n) is 13.4. The molecule has 2 fully saturated rings. The molecule has 4 atom stereocenters. The van der Waals surface area contributed by atoms with Gasteiger partial charge in [0.25, 0.3) is 0 Å². The van der Waals surface area contributed by atoms with Gasteiger partial charge in [-0.25, -0.2) is 0 Å². The molecule has 1 saturated carbocycles. The average Bonchev–Trinajstić information content (AvgIpc) is 2.53. The van der Waals surface area contributed by atoms with Crippen LogP contribution in [0.1, 0.15) is 49.3 Å². The maximum atomic E-state index is 11.0. The van der Waals surface area contributed by atoms with E-state index >= 15 is 0 Å². The van der Waals surface area contributed by atoms with Gasteiger partial charge in [-0.2, -0.15) is 0 Å². The number of likely N-dealkylation sites (tertiary alicyclic amines) is 1. The largest absolute Gasteiger partial charge is 0.497 e. The Hall–Kier alpha value is -0.770. The molecule has 0 amide bonds. The van der Waals surface area contributed by atoms with E-state index in [1.807, 2.05) is 6.07 Å². The molecule has 1 aliphatic heterocycles. The van der Waals surface area contributed by atoms with E-state index in [0.717, 1.165) is 17.9 Å². The van der Waals surface area contributed by atoms with E-state index in [4.69, 9.17) is 4.74 Å². The quantitative estimate of drug-likeness (QED) is 0.860. The second-order valence-corrected chi connectivity index (χ2v) is 7.13. The second kappa shape index (κ2) is 5.70. The molecule has 1 unspecified atom stereocenters. The topological polar surface area (TPSA) is 32.7 Å². The Morgan fingerprint density at radius 3 is 2.86 bits per heavy atom. The zero-order valence-corrected chi connectivity index (χ0v) is 14.2. The summed E-state index contributed by atoms with van der Waals surface area (Å²) >= 11 is 0. The van der Waals surface area contributed by atoms with Gasteiger partial charge in [0.15, 0.2) is 0 Å². The molecule has 2 bridgehead atoms. The van der Waals surface area contributed by atoms with Crippen molar-refractivity contribution in [3.8, 4) is 5.75 Å². The molecule has 1 N–H and O–H groups in total. The van der Waals surface area contributed by atoms with E-state index in [0.29, 0.717) is 12.0 Å². The summed E-state index contributed by atoms with van der Waals surface area (Å²) in [5, 5.41) is 11.0. The molecule has 4 heteroatoms. The molecule has 2 aliphatic carbocycles. The van der Waals surface area contributed by atoms with Crippen molar-refractivity contribution in [1.29, 1.82) is 0 Å². The SMILES string of the molecule is COc1ccc2c(c1)[C@]13CCCC[C@H]1[C@H](C2O)N(C)CC3.Cl. The van der Waals surface area contributed by atoms with E-state index in [9.17, 15) is 5.11 Å². The summed E-state index contributed by atoms with van der Waals surface area (Å²) in [6.07, 6.45) is 6.02. The minimum absolute atomic E-state index is 0. The first kappa shape index (κ1) is 16.1. The molecular formula is C18H26ClNO2. The summed E-state index contributed by atoms with van der Waals surface area (Å²) in [5.41, 5.74) is 2.80. The van der Waals surface area contributed by atoms with Crippen molar-refractivity contribution in [2.75, 3.05) is 20.7 Å². The van der Waals surface area contributed by atoms with Gasteiger partial charge in [0.05, 0.1) is 13.2 Å². The lowest BCUT2D eigenvalue weighted by atomic mass is 9.52. The third kappa shape index (κ3) is 2.02. The molecular weight excluding hydrogens is 298 g/mol. The van der Waals surface area contributed by atoms with Crippen LogP contribution in [0.5, 0.6) is 5.75 Å². The average molecular weight is 324 g/mol. The second-order valence-electron chi connectivity index (χ2n) is 7.13. The van der Waals surface area contributed by atoms with Crippen molar-refractivity contribution in [2.45, 2.75) is 49.7 Å². The molecule has 0 spiro atoms. The van der Waals surface area contributed by atoms with E-state index in [1.54, 1.807) is 7.11 Å². The van der Waals surface area contributed by atoms with Gasteiger partial charge in [0, 0.05) is 11.5 Å². The monoisotopic (exact) mass is 323 g/mol. The van der Waals surface area contributed by atoms with Gasteiger partial charge < -0.3 is 14.7 Å². The Balaban J connectivity index is 0.00000144. The Kier molecular flexibility index (Phi) is 4.17. The van der Waals surface area contributed by atoms with Gasteiger partial charge >= 0.3 is 0 Å². The number of halogens is 1. The summed E-state index contributed by atoms with van der Waals surface area (Å²) < 4.78 is 5.46. The third-order valence-electron chi connectivity index (χ3n) is 6.37. The molecule has 1 saturated heterocycles. The lowest BCUT2D eigenvalue weighted by molar-refractivity contribution is -0.0680. The number of methoxy groups -OCH3 is 1. The molecule has 1 aromatic carbocycles. The van der Waals surface area contributed by atoms with Gasteiger partial charge in [-0.3, -0.25) is 0 Å². The number of piperidine rings is 1. The number of likely N-dealkylation sites (N-methyl/N-ethyl adjacent to an activating group) is 1. The highest BCUT2D eigenvalue weighted by atomic mass is 35.5. The summed E-state index contributed by atoms with van der Waals surface area (Å²) in [6.45, 7) is 1.09. The number of fused-ring (bicyclic) bond motifs is 1.